The first-order valence-electron chi connectivity index (χ1n) is 10.2. The van der Waals surface area contributed by atoms with Crippen LogP contribution in [0.3, 0.4) is 0 Å². The van der Waals surface area contributed by atoms with Gasteiger partial charge in [0.1, 0.15) is 6.04 Å². The van der Waals surface area contributed by atoms with Gasteiger partial charge in [-0.25, -0.2) is 9.97 Å². The first-order chi connectivity index (χ1) is 15.5. The Morgan fingerprint density at radius 2 is 1.75 bits per heavy atom. The molecule has 2 aromatic heterocycles. The number of tetrazole rings is 1. The summed E-state index contributed by atoms with van der Waals surface area (Å²) in [6.45, 7) is 3.80. The number of hydrogen-bond acceptors (Lipinski definition) is 7. The molecule has 0 saturated heterocycles. The molecule has 0 bridgehead atoms. The van der Waals surface area contributed by atoms with E-state index in [1.165, 1.54) is 4.80 Å². The van der Waals surface area contributed by atoms with E-state index in [2.05, 4.69) is 36.0 Å². The van der Waals surface area contributed by atoms with E-state index in [9.17, 15) is 4.79 Å². The van der Waals surface area contributed by atoms with Crippen LogP contribution in [0.1, 0.15) is 17.0 Å². The van der Waals surface area contributed by atoms with Gasteiger partial charge in [-0.1, -0.05) is 42.5 Å². The third-order valence-corrected chi connectivity index (χ3v) is 4.78. The molecule has 2 N–H and O–H groups in total. The molecule has 0 aliphatic carbocycles. The number of aryl methyl sites for hydroxylation is 3. The summed E-state index contributed by atoms with van der Waals surface area (Å²) in [6, 6.07) is 18.5. The van der Waals surface area contributed by atoms with Crippen molar-refractivity contribution in [3.05, 3.63) is 77.6 Å². The highest BCUT2D eigenvalue weighted by atomic mass is 16.2. The molecule has 4 rings (SSSR count). The van der Waals surface area contributed by atoms with Gasteiger partial charge in [0.2, 0.25) is 17.7 Å². The highest BCUT2D eigenvalue weighted by Crippen LogP contribution is 2.19. The number of hydrogen-bond donors (Lipinski definition) is 2. The quantitative estimate of drug-likeness (QED) is 0.466. The maximum atomic E-state index is 13.3. The Kier molecular flexibility index (Phi) is 6.16. The fourth-order valence-electron chi connectivity index (χ4n) is 3.37. The highest BCUT2D eigenvalue weighted by Gasteiger charge is 2.21. The fraction of sp³-hybridized carbons (Fsp3) is 0.217. The SMILES string of the molecule is Cc1cc(C)nc(N[C@H](Cc2ccccc2)C(=O)Nc2cccc(-c3nnn(C)n3)c2)n1. The zero-order chi connectivity index (χ0) is 22.5. The van der Waals surface area contributed by atoms with Crippen molar-refractivity contribution in [1.29, 1.82) is 0 Å². The van der Waals surface area contributed by atoms with Crippen LogP contribution in [-0.4, -0.2) is 42.1 Å². The van der Waals surface area contributed by atoms with Gasteiger partial charge in [-0.15, -0.1) is 10.2 Å². The van der Waals surface area contributed by atoms with E-state index in [0.29, 0.717) is 23.9 Å². The van der Waals surface area contributed by atoms with Crippen LogP contribution in [0.5, 0.6) is 0 Å². The normalized spacial score (nSPS) is 11.7. The van der Waals surface area contributed by atoms with E-state index in [1.54, 1.807) is 7.05 Å². The minimum atomic E-state index is -0.572. The molecule has 0 unspecified atom stereocenters. The van der Waals surface area contributed by atoms with Crippen molar-refractivity contribution in [2.45, 2.75) is 26.3 Å². The van der Waals surface area contributed by atoms with E-state index in [1.807, 2.05) is 74.5 Å². The number of nitrogens with one attached hydrogen (secondary N) is 2. The number of aromatic nitrogens is 6. The zero-order valence-electron chi connectivity index (χ0n) is 18.1. The Balaban J connectivity index is 1.57. The van der Waals surface area contributed by atoms with Crippen molar-refractivity contribution < 1.29 is 4.79 Å². The summed E-state index contributed by atoms with van der Waals surface area (Å²) in [5.41, 5.74) is 4.11. The Labute approximate surface area is 185 Å². The summed E-state index contributed by atoms with van der Waals surface area (Å²) in [4.78, 5) is 23.5. The van der Waals surface area contributed by atoms with Gasteiger partial charge < -0.3 is 10.6 Å². The molecule has 9 heteroatoms. The second-order valence-corrected chi connectivity index (χ2v) is 7.53. The summed E-state index contributed by atoms with van der Waals surface area (Å²) in [7, 11) is 1.71. The second kappa shape index (κ2) is 9.34. The van der Waals surface area contributed by atoms with Gasteiger partial charge in [0.05, 0.1) is 7.05 Å². The molecule has 0 radical (unpaired) electrons. The maximum absolute atomic E-state index is 13.3. The van der Waals surface area contributed by atoms with Crippen molar-refractivity contribution >= 4 is 17.5 Å². The molecule has 2 aromatic carbocycles. The second-order valence-electron chi connectivity index (χ2n) is 7.53. The van der Waals surface area contributed by atoms with Gasteiger partial charge in [-0.3, -0.25) is 4.79 Å². The van der Waals surface area contributed by atoms with Crippen molar-refractivity contribution in [3.63, 3.8) is 0 Å². The number of carbonyl (C=O) groups excluding carboxylic acids is 1. The standard InChI is InChI=1S/C23H24N8O/c1-15-12-16(2)25-23(24-15)27-20(13-17-8-5-4-6-9-17)22(32)26-19-11-7-10-18(14-19)21-28-30-31(3)29-21/h4-12,14,20H,13H2,1-3H3,(H,26,32)(H,24,25,27)/t20-/m1/s1. The summed E-state index contributed by atoms with van der Waals surface area (Å²) in [5, 5.41) is 18.3. The fourth-order valence-corrected chi connectivity index (χ4v) is 3.37. The lowest BCUT2D eigenvalue weighted by atomic mass is 10.1. The van der Waals surface area contributed by atoms with E-state index in [4.69, 9.17) is 0 Å². The minimum absolute atomic E-state index is 0.194. The van der Waals surface area contributed by atoms with Gasteiger partial charge in [0.25, 0.3) is 0 Å². The molecule has 9 nitrogen and oxygen atoms in total. The lowest BCUT2D eigenvalue weighted by molar-refractivity contribution is -0.116. The summed E-state index contributed by atoms with van der Waals surface area (Å²) < 4.78 is 0. The van der Waals surface area contributed by atoms with Crippen LogP contribution in [0.25, 0.3) is 11.4 Å². The van der Waals surface area contributed by atoms with Crippen molar-refractivity contribution in [2.24, 2.45) is 7.05 Å². The van der Waals surface area contributed by atoms with Crippen LogP contribution in [-0.2, 0) is 18.3 Å². The van der Waals surface area contributed by atoms with E-state index in [-0.39, 0.29) is 5.91 Å². The number of rotatable bonds is 7. The molecule has 1 amide bonds. The van der Waals surface area contributed by atoms with Crippen LogP contribution in [0.4, 0.5) is 11.6 Å². The Hall–Kier alpha value is -4.14. The number of nitrogens with zero attached hydrogens (tertiary/aromatic N) is 6. The Morgan fingerprint density at radius 3 is 2.44 bits per heavy atom. The molecule has 1 atom stereocenters. The third kappa shape index (κ3) is 5.31. The Morgan fingerprint density at radius 1 is 1.00 bits per heavy atom. The number of benzene rings is 2. The summed E-state index contributed by atoms with van der Waals surface area (Å²) >= 11 is 0. The zero-order valence-corrected chi connectivity index (χ0v) is 18.1. The van der Waals surface area contributed by atoms with E-state index in [0.717, 1.165) is 22.5 Å². The molecule has 0 aliphatic rings. The van der Waals surface area contributed by atoms with Gasteiger partial charge >= 0.3 is 0 Å². The van der Waals surface area contributed by atoms with Crippen LogP contribution < -0.4 is 10.6 Å². The average molecular weight is 429 g/mol. The van der Waals surface area contributed by atoms with Crippen LogP contribution in [0.2, 0.25) is 0 Å². The largest absolute Gasteiger partial charge is 0.342 e. The molecule has 32 heavy (non-hydrogen) atoms. The smallest absolute Gasteiger partial charge is 0.247 e. The summed E-state index contributed by atoms with van der Waals surface area (Å²) in [5.74, 6) is 0.725. The molecule has 0 aliphatic heterocycles. The molecule has 0 fully saturated rings. The summed E-state index contributed by atoms with van der Waals surface area (Å²) in [6.07, 6.45) is 0.481. The monoisotopic (exact) mass is 428 g/mol. The highest BCUT2D eigenvalue weighted by molar-refractivity contribution is 5.97. The molecule has 4 aromatic rings. The molecule has 162 valence electrons. The van der Waals surface area contributed by atoms with Crippen molar-refractivity contribution in [3.8, 4) is 11.4 Å². The van der Waals surface area contributed by atoms with E-state index < -0.39 is 6.04 Å². The van der Waals surface area contributed by atoms with Crippen LogP contribution >= 0.6 is 0 Å². The lowest BCUT2D eigenvalue weighted by Crippen LogP contribution is -2.37. The van der Waals surface area contributed by atoms with Gasteiger partial charge in [0.15, 0.2) is 0 Å². The van der Waals surface area contributed by atoms with Crippen LogP contribution in [0, 0.1) is 13.8 Å². The first-order valence-corrected chi connectivity index (χ1v) is 10.2. The van der Waals surface area contributed by atoms with Crippen LogP contribution in [0.15, 0.2) is 60.7 Å². The topological polar surface area (TPSA) is 111 Å². The molecule has 2 heterocycles. The van der Waals surface area contributed by atoms with Crippen molar-refractivity contribution in [1.82, 2.24) is 30.2 Å². The van der Waals surface area contributed by atoms with Crippen molar-refractivity contribution in [2.75, 3.05) is 10.6 Å². The predicted molar refractivity (Wildman–Crippen MR) is 122 cm³/mol. The molecule has 0 spiro atoms. The number of amides is 1. The number of anilines is 2. The molecule has 0 saturated carbocycles. The third-order valence-electron chi connectivity index (χ3n) is 4.78. The molecular formula is C23H24N8O. The first kappa shape index (κ1) is 21.1. The van der Waals surface area contributed by atoms with Gasteiger partial charge in [-0.05, 0) is 42.8 Å². The predicted octanol–water partition coefficient (Wildman–Crippen LogP) is 2.95. The lowest BCUT2D eigenvalue weighted by Gasteiger charge is -2.19. The maximum Gasteiger partial charge on any atom is 0.247 e. The van der Waals surface area contributed by atoms with Gasteiger partial charge in [-0.2, -0.15) is 4.80 Å². The Bertz CT molecular complexity index is 1200. The molecular weight excluding hydrogens is 404 g/mol. The number of carbonyl (C=O) groups is 1. The minimum Gasteiger partial charge on any atom is -0.342 e. The average Bonchev–Trinajstić information content (AvgIpc) is 3.20. The van der Waals surface area contributed by atoms with E-state index >= 15 is 0 Å². The van der Waals surface area contributed by atoms with Gasteiger partial charge in [0, 0.05) is 29.1 Å².